The van der Waals surface area contributed by atoms with Gasteiger partial charge in [-0.15, -0.1) is 12.4 Å². The largest absolute Gasteiger partial charge is 0.508 e. The minimum Gasteiger partial charge on any atom is -0.508 e. The molecule has 1 rings (SSSR count). The van der Waals surface area contributed by atoms with E-state index >= 15 is 0 Å². The normalized spacial score (nSPS) is 13.6. The predicted molar refractivity (Wildman–Crippen MR) is 77.5 cm³/mol. The Hall–Kier alpha value is -0.970. The maximum Gasteiger partial charge on any atom is 0.122 e. The predicted octanol–water partition coefficient (Wildman–Crippen LogP) is 2.04. The fraction of sp³-hybridized carbons (Fsp3) is 0.538. The number of aromatic hydroxyl groups is 1. The first-order valence-corrected chi connectivity index (χ1v) is 6.02. The van der Waals surface area contributed by atoms with Gasteiger partial charge in [0.05, 0.1) is 12.1 Å². The van der Waals surface area contributed by atoms with Crippen LogP contribution in [0.15, 0.2) is 18.2 Å². The molecule has 0 amide bonds. The van der Waals surface area contributed by atoms with Gasteiger partial charge in [-0.3, -0.25) is 0 Å². The van der Waals surface area contributed by atoms with Crippen molar-refractivity contribution in [3.63, 3.8) is 0 Å². The Labute approximate surface area is 115 Å². The van der Waals surface area contributed by atoms with E-state index in [1.54, 1.807) is 19.1 Å². The monoisotopic (exact) mass is 274 g/mol. The molecule has 0 aromatic heterocycles. The highest BCUT2D eigenvalue weighted by molar-refractivity contribution is 5.85. The first-order chi connectivity index (χ1) is 8.01. The van der Waals surface area contributed by atoms with Crippen LogP contribution < -0.4 is 10.6 Å². The van der Waals surface area contributed by atoms with Gasteiger partial charge in [0.15, 0.2) is 0 Å². The minimum absolute atomic E-state index is 0. The summed E-state index contributed by atoms with van der Waals surface area (Å²) in [7, 11) is 0. The summed E-state index contributed by atoms with van der Waals surface area (Å²) < 4.78 is 0. The number of rotatable bonds is 5. The first-order valence-electron chi connectivity index (χ1n) is 6.02. The molecular weight excluding hydrogens is 252 g/mol. The van der Waals surface area contributed by atoms with E-state index in [4.69, 9.17) is 5.73 Å². The van der Waals surface area contributed by atoms with Gasteiger partial charge < -0.3 is 20.8 Å². The van der Waals surface area contributed by atoms with E-state index in [0.717, 1.165) is 18.8 Å². The Bertz CT molecular complexity index is 368. The van der Waals surface area contributed by atoms with Crippen LogP contribution in [0.2, 0.25) is 0 Å². The van der Waals surface area contributed by atoms with Crippen molar-refractivity contribution in [2.45, 2.75) is 32.9 Å². The summed E-state index contributed by atoms with van der Waals surface area (Å²) in [5.74, 6) is 0.141. The second kappa shape index (κ2) is 7.46. The molecule has 0 radical (unpaired) electrons. The zero-order valence-corrected chi connectivity index (χ0v) is 11.9. The molecule has 1 aromatic rings. The molecule has 2 atom stereocenters. The molecule has 0 bridgehead atoms. The molecule has 18 heavy (non-hydrogen) atoms. The van der Waals surface area contributed by atoms with Gasteiger partial charge in [-0.1, -0.05) is 6.07 Å². The molecule has 0 unspecified atom stereocenters. The second-order valence-electron chi connectivity index (χ2n) is 4.18. The zero-order valence-electron chi connectivity index (χ0n) is 11.1. The van der Waals surface area contributed by atoms with E-state index in [-0.39, 0.29) is 18.2 Å². The number of halogens is 1. The zero-order chi connectivity index (χ0) is 13.0. The average Bonchev–Trinajstić information content (AvgIpc) is 2.30. The number of hydrogen-bond acceptors (Lipinski definition) is 4. The van der Waals surface area contributed by atoms with Crippen molar-refractivity contribution in [3.8, 4) is 5.75 Å². The van der Waals surface area contributed by atoms with E-state index in [1.807, 2.05) is 6.07 Å². The van der Waals surface area contributed by atoms with Crippen molar-refractivity contribution in [3.05, 3.63) is 23.8 Å². The quantitative estimate of drug-likeness (QED) is 0.769. The van der Waals surface area contributed by atoms with E-state index in [0.29, 0.717) is 5.56 Å². The molecule has 0 saturated heterocycles. The van der Waals surface area contributed by atoms with Gasteiger partial charge in [0.2, 0.25) is 0 Å². The SMILES string of the molecule is CCN(CC)c1ccc([C@@H](N)[C@H](C)O)c(O)c1.Cl. The number of aliphatic hydroxyl groups excluding tert-OH is 1. The van der Waals surface area contributed by atoms with Crippen LogP contribution in [0.3, 0.4) is 0 Å². The van der Waals surface area contributed by atoms with E-state index in [2.05, 4.69) is 18.7 Å². The van der Waals surface area contributed by atoms with Crippen molar-refractivity contribution in [1.29, 1.82) is 0 Å². The lowest BCUT2D eigenvalue weighted by Gasteiger charge is -2.23. The summed E-state index contributed by atoms with van der Waals surface area (Å²) in [5.41, 5.74) is 7.35. The van der Waals surface area contributed by atoms with E-state index in [1.165, 1.54) is 0 Å². The van der Waals surface area contributed by atoms with Crippen LogP contribution in [-0.2, 0) is 0 Å². The third-order valence-electron chi connectivity index (χ3n) is 3.02. The molecule has 0 aliphatic heterocycles. The Morgan fingerprint density at radius 2 is 1.83 bits per heavy atom. The third-order valence-corrected chi connectivity index (χ3v) is 3.02. The van der Waals surface area contributed by atoms with Crippen molar-refractivity contribution in [2.75, 3.05) is 18.0 Å². The lowest BCUT2D eigenvalue weighted by Crippen LogP contribution is -2.24. The van der Waals surface area contributed by atoms with Crippen LogP contribution >= 0.6 is 12.4 Å². The standard InChI is InChI=1S/C13H22N2O2.ClH/c1-4-15(5-2)10-6-7-11(12(17)8-10)13(14)9(3)16;/h6-9,13,16-17H,4-5,14H2,1-3H3;1H/t9-,13-;/m0./s1. The maximum atomic E-state index is 9.93. The summed E-state index contributed by atoms with van der Waals surface area (Å²) >= 11 is 0. The van der Waals surface area contributed by atoms with E-state index in [9.17, 15) is 10.2 Å². The molecule has 104 valence electrons. The van der Waals surface area contributed by atoms with Crippen LogP contribution in [0.4, 0.5) is 5.69 Å². The molecule has 0 fully saturated rings. The summed E-state index contributed by atoms with van der Waals surface area (Å²) in [4.78, 5) is 2.14. The Kier molecular flexibility index (Phi) is 7.06. The van der Waals surface area contributed by atoms with Crippen molar-refractivity contribution in [1.82, 2.24) is 0 Å². The fourth-order valence-corrected chi connectivity index (χ4v) is 1.86. The molecule has 0 spiro atoms. The summed E-state index contributed by atoms with van der Waals surface area (Å²) in [6, 6.07) is 4.84. The van der Waals surface area contributed by atoms with Crippen LogP contribution in [0.1, 0.15) is 32.4 Å². The van der Waals surface area contributed by atoms with Gasteiger partial charge in [0.25, 0.3) is 0 Å². The second-order valence-corrected chi connectivity index (χ2v) is 4.18. The number of aliphatic hydroxyl groups is 1. The number of benzene rings is 1. The number of phenols is 1. The number of phenolic OH excluding ortho intramolecular Hbond substituents is 1. The Morgan fingerprint density at radius 3 is 2.22 bits per heavy atom. The summed E-state index contributed by atoms with van der Waals surface area (Å²) in [6.45, 7) is 7.52. The van der Waals surface area contributed by atoms with Gasteiger partial charge in [0, 0.05) is 30.4 Å². The molecular formula is C13H23ClN2O2. The van der Waals surface area contributed by atoms with Gasteiger partial charge >= 0.3 is 0 Å². The lowest BCUT2D eigenvalue weighted by atomic mass is 10.0. The fourth-order valence-electron chi connectivity index (χ4n) is 1.86. The molecule has 4 N–H and O–H groups in total. The Balaban J connectivity index is 0.00000289. The first kappa shape index (κ1) is 17.0. The maximum absolute atomic E-state index is 9.93. The highest BCUT2D eigenvalue weighted by atomic mass is 35.5. The third kappa shape index (κ3) is 3.77. The van der Waals surface area contributed by atoms with Gasteiger partial charge in [-0.25, -0.2) is 0 Å². The topological polar surface area (TPSA) is 69.7 Å². The molecule has 0 heterocycles. The van der Waals surface area contributed by atoms with Gasteiger partial charge in [0.1, 0.15) is 5.75 Å². The lowest BCUT2D eigenvalue weighted by molar-refractivity contribution is 0.163. The van der Waals surface area contributed by atoms with Gasteiger partial charge in [-0.2, -0.15) is 0 Å². The van der Waals surface area contributed by atoms with Crippen LogP contribution in [0, 0.1) is 0 Å². The number of hydrogen-bond donors (Lipinski definition) is 3. The van der Waals surface area contributed by atoms with Crippen molar-refractivity contribution in [2.24, 2.45) is 5.73 Å². The molecule has 0 aliphatic rings. The van der Waals surface area contributed by atoms with Gasteiger partial charge in [-0.05, 0) is 26.8 Å². The molecule has 0 saturated carbocycles. The number of nitrogens with two attached hydrogens (primary N) is 1. The molecule has 1 aromatic carbocycles. The Morgan fingerprint density at radius 1 is 1.28 bits per heavy atom. The highest BCUT2D eigenvalue weighted by Gasteiger charge is 2.16. The molecule has 4 nitrogen and oxygen atoms in total. The number of anilines is 1. The van der Waals surface area contributed by atoms with Crippen LogP contribution in [0.5, 0.6) is 5.75 Å². The average molecular weight is 275 g/mol. The van der Waals surface area contributed by atoms with E-state index < -0.39 is 12.1 Å². The van der Waals surface area contributed by atoms with Crippen LogP contribution in [-0.4, -0.2) is 29.4 Å². The van der Waals surface area contributed by atoms with Crippen LogP contribution in [0.25, 0.3) is 0 Å². The minimum atomic E-state index is -0.680. The summed E-state index contributed by atoms with van der Waals surface area (Å²) in [5, 5.41) is 19.4. The van der Waals surface area contributed by atoms with Crippen molar-refractivity contribution < 1.29 is 10.2 Å². The smallest absolute Gasteiger partial charge is 0.122 e. The van der Waals surface area contributed by atoms with Crippen molar-refractivity contribution >= 4 is 18.1 Å². The number of nitrogens with zero attached hydrogens (tertiary/aromatic N) is 1. The highest BCUT2D eigenvalue weighted by Crippen LogP contribution is 2.29. The summed E-state index contributed by atoms with van der Waals surface area (Å²) in [6.07, 6.45) is -0.680. The molecule has 0 aliphatic carbocycles. The molecule has 5 heteroatoms.